The Morgan fingerprint density at radius 1 is 1.22 bits per heavy atom. The van der Waals surface area contributed by atoms with Gasteiger partial charge in [0.1, 0.15) is 12.2 Å². The van der Waals surface area contributed by atoms with Gasteiger partial charge in [-0.25, -0.2) is 14.4 Å². The highest BCUT2D eigenvalue weighted by Gasteiger charge is 2.50. The fourth-order valence-electron chi connectivity index (χ4n) is 4.00. The summed E-state index contributed by atoms with van der Waals surface area (Å²) >= 11 is 6.56. The Hall–Kier alpha value is -2.53. The van der Waals surface area contributed by atoms with E-state index in [1.54, 1.807) is 21.9 Å². The molecule has 1 spiro atoms. The van der Waals surface area contributed by atoms with Gasteiger partial charge in [-0.3, -0.25) is 9.59 Å². The number of benzene rings is 1. The molecule has 32 heavy (non-hydrogen) atoms. The van der Waals surface area contributed by atoms with Gasteiger partial charge < -0.3 is 20.0 Å². The number of furan rings is 1. The minimum Gasteiger partial charge on any atom is -0.443 e. The van der Waals surface area contributed by atoms with E-state index in [1.165, 1.54) is 18.2 Å². The number of aliphatic imine (C=N–C) groups is 2. The second-order valence-electron chi connectivity index (χ2n) is 7.73. The maximum atomic E-state index is 13.2. The topological polar surface area (TPSA) is 104 Å². The normalized spacial score (nSPS) is 18.3. The van der Waals surface area contributed by atoms with Gasteiger partial charge in [-0.1, -0.05) is 6.07 Å². The Balaban J connectivity index is 1.46. The zero-order valence-corrected chi connectivity index (χ0v) is 20.1. The average molecular weight is 569 g/mol. The summed E-state index contributed by atoms with van der Waals surface area (Å²) in [6, 6.07) is 7.33. The number of nitrogens with zero attached hydrogens (tertiary/aromatic N) is 4. The Labute approximate surface area is 200 Å². The highest BCUT2D eigenvalue weighted by atomic mass is 79.9. The summed E-state index contributed by atoms with van der Waals surface area (Å²) in [5.74, 6) is -1.01. The summed E-state index contributed by atoms with van der Waals surface area (Å²) in [6.07, 6.45) is 3.65. The van der Waals surface area contributed by atoms with Crippen LogP contribution in [0.15, 0.2) is 53.9 Å². The van der Waals surface area contributed by atoms with Crippen molar-refractivity contribution in [2.24, 2.45) is 15.7 Å². The smallest absolute Gasteiger partial charge is 0.289 e. The van der Waals surface area contributed by atoms with Gasteiger partial charge in [0.25, 0.3) is 11.8 Å². The molecule has 1 aromatic heterocycles. The number of piperazine rings is 1. The summed E-state index contributed by atoms with van der Waals surface area (Å²) in [5, 5.41) is 0. The van der Waals surface area contributed by atoms with E-state index in [4.69, 9.17) is 10.2 Å². The van der Waals surface area contributed by atoms with Crippen molar-refractivity contribution in [3.63, 3.8) is 0 Å². The third kappa shape index (κ3) is 4.49. The molecular weight excluding hydrogens is 549 g/mol. The minimum atomic E-state index is -0.466. The molecule has 11 heteroatoms. The molecule has 0 radical (unpaired) electrons. The fraction of sp³-hybridized carbons (Fsp3) is 0.333. The van der Waals surface area contributed by atoms with Crippen molar-refractivity contribution in [1.82, 2.24) is 9.80 Å². The molecule has 1 saturated carbocycles. The molecule has 2 heterocycles. The van der Waals surface area contributed by atoms with E-state index in [9.17, 15) is 14.0 Å². The predicted molar refractivity (Wildman–Crippen MR) is 124 cm³/mol. The fourth-order valence-corrected chi connectivity index (χ4v) is 4.57. The van der Waals surface area contributed by atoms with Crippen LogP contribution in [0, 0.1) is 5.82 Å². The number of hydrogen-bond donors (Lipinski definition) is 1. The van der Waals surface area contributed by atoms with Crippen LogP contribution in [0.3, 0.4) is 0 Å². The predicted octanol–water partition coefficient (Wildman–Crippen LogP) is 3.87. The molecule has 1 aromatic carbocycles. The Morgan fingerprint density at radius 2 is 2.00 bits per heavy atom. The van der Waals surface area contributed by atoms with Crippen LogP contribution in [-0.4, -0.2) is 59.0 Å². The van der Waals surface area contributed by atoms with Gasteiger partial charge in [-0.15, -0.1) is 0 Å². The lowest BCUT2D eigenvalue weighted by atomic mass is 9.73. The number of hydrogen-bond acceptors (Lipinski definition) is 4. The third-order valence-electron chi connectivity index (χ3n) is 5.75. The first-order chi connectivity index (χ1) is 15.3. The minimum absolute atomic E-state index is 0.199. The molecule has 1 aliphatic carbocycles. The zero-order valence-electron chi connectivity index (χ0n) is 16.9. The van der Waals surface area contributed by atoms with Crippen LogP contribution in [0.4, 0.5) is 10.1 Å². The van der Waals surface area contributed by atoms with E-state index in [0.717, 1.165) is 25.6 Å². The second kappa shape index (κ2) is 9.14. The zero-order chi connectivity index (χ0) is 22.9. The van der Waals surface area contributed by atoms with Gasteiger partial charge in [0, 0.05) is 25.7 Å². The molecule has 8 nitrogen and oxygen atoms in total. The Morgan fingerprint density at radius 3 is 2.62 bits per heavy atom. The third-order valence-corrected chi connectivity index (χ3v) is 7.46. The van der Waals surface area contributed by atoms with Crippen molar-refractivity contribution in [2.45, 2.75) is 24.8 Å². The molecule has 4 rings (SSSR count). The van der Waals surface area contributed by atoms with Crippen LogP contribution in [0.2, 0.25) is 0 Å². The quantitative estimate of drug-likeness (QED) is 0.448. The van der Waals surface area contributed by atoms with Gasteiger partial charge in [-0.2, -0.15) is 0 Å². The maximum Gasteiger partial charge on any atom is 0.289 e. The number of carbonyl (C=O) groups is 2. The van der Waals surface area contributed by atoms with E-state index in [2.05, 4.69) is 41.8 Å². The molecule has 2 aromatic rings. The summed E-state index contributed by atoms with van der Waals surface area (Å²) in [4.78, 5) is 37.3. The van der Waals surface area contributed by atoms with Crippen LogP contribution in [-0.2, 0) is 4.79 Å². The molecule has 2 amide bonds. The molecule has 1 saturated heterocycles. The van der Waals surface area contributed by atoms with Gasteiger partial charge in [0.05, 0.1) is 15.7 Å². The van der Waals surface area contributed by atoms with E-state index >= 15 is 0 Å². The lowest BCUT2D eigenvalue weighted by Crippen LogP contribution is -2.69. The standard InChI is InChI=1S/C21H20Br2FN5O3/c22-15-10-16(32-17(15)23)19(30)28-7-8-29(21(11-28)5-2-6-21)20(31)18(25)27-12-26-14-4-1-3-13(24)9-14/h1,3-4,9-10,12H,2,5-8,11H2,(H2,25,26,27). The second-order valence-corrected chi connectivity index (χ2v) is 9.31. The van der Waals surface area contributed by atoms with Crippen LogP contribution in [0.25, 0.3) is 0 Å². The highest BCUT2D eigenvalue weighted by molar-refractivity contribution is 9.13. The number of halogens is 3. The molecular formula is C21H20Br2FN5O3. The summed E-state index contributed by atoms with van der Waals surface area (Å²) < 4.78 is 19.8. The van der Waals surface area contributed by atoms with Gasteiger partial charge in [0.15, 0.2) is 16.3 Å². The molecule has 0 unspecified atom stereocenters. The highest BCUT2D eigenvalue weighted by Crippen LogP contribution is 2.41. The van der Waals surface area contributed by atoms with E-state index in [-0.39, 0.29) is 17.5 Å². The van der Waals surface area contributed by atoms with Gasteiger partial charge in [0.2, 0.25) is 0 Å². The summed E-state index contributed by atoms with van der Waals surface area (Å²) in [5.41, 5.74) is 5.84. The largest absolute Gasteiger partial charge is 0.443 e. The van der Waals surface area contributed by atoms with Crippen molar-refractivity contribution >= 4 is 61.5 Å². The number of amidine groups is 1. The molecule has 0 bridgehead atoms. The first kappa shape index (κ1) is 22.7. The van der Waals surface area contributed by atoms with E-state index in [0.29, 0.717) is 34.5 Å². The first-order valence-corrected chi connectivity index (χ1v) is 11.6. The SMILES string of the molecule is NC(=NC=Nc1cccc(F)c1)C(=O)N1CCN(C(=O)c2cc(Br)c(Br)o2)CC12CCC2. The van der Waals surface area contributed by atoms with E-state index in [1.807, 2.05) is 0 Å². The van der Waals surface area contributed by atoms with Gasteiger partial charge >= 0.3 is 0 Å². The monoisotopic (exact) mass is 567 g/mol. The number of nitrogens with two attached hydrogens (primary N) is 1. The lowest BCUT2D eigenvalue weighted by Gasteiger charge is -2.55. The maximum absolute atomic E-state index is 13.2. The van der Waals surface area contributed by atoms with Gasteiger partial charge in [-0.05, 0) is 69.3 Å². The molecule has 168 valence electrons. The molecule has 2 fully saturated rings. The lowest BCUT2D eigenvalue weighted by molar-refractivity contribution is -0.139. The first-order valence-electron chi connectivity index (χ1n) is 9.96. The van der Waals surface area contributed by atoms with Crippen molar-refractivity contribution in [3.8, 4) is 0 Å². The molecule has 2 aliphatic rings. The van der Waals surface area contributed by atoms with E-state index < -0.39 is 17.3 Å². The molecule has 2 N–H and O–H groups in total. The number of amides is 2. The number of carbonyl (C=O) groups excluding carboxylic acids is 2. The van der Waals surface area contributed by atoms with Crippen LogP contribution in [0.1, 0.15) is 29.8 Å². The van der Waals surface area contributed by atoms with Crippen LogP contribution < -0.4 is 5.73 Å². The van der Waals surface area contributed by atoms with Crippen molar-refractivity contribution in [3.05, 3.63) is 51.1 Å². The summed E-state index contributed by atoms with van der Waals surface area (Å²) in [6.45, 7) is 1.09. The van der Waals surface area contributed by atoms with Crippen LogP contribution in [0.5, 0.6) is 0 Å². The van der Waals surface area contributed by atoms with Crippen molar-refractivity contribution < 1.29 is 18.4 Å². The summed E-state index contributed by atoms with van der Waals surface area (Å²) in [7, 11) is 0. The molecule has 0 atom stereocenters. The van der Waals surface area contributed by atoms with Crippen molar-refractivity contribution in [2.75, 3.05) is 19.6 Å². The molecule has 1 aliphatic heterocycles. The van der Waals surface area contributed by atoms with Crippen molar-refractivity contribution in [1.29, 1.82) is 0 Å². The Kier molecular flexibility index (Phi) is 6.47. The number of rotatable bonds is 3. The average Bonchev–Trinajstić information content (AvgIpc) is 3.09. The van der Waals surface area contributed by atoms with Crippen LogP contribution >= 0.6 is 31.9 Å². The Bertz CT molecular complexity index is 1090.